The maximum Gasteiger partial charge on any atom is 0.261 e. The molecule has 0 aliphatic carbocycles. The molecule has 6 nitrogen and oxygen atoms in total. The van der Waals surface area contributed by atoms with Crippen molar-refractivity contribution in [2.24, 2.45) is 5.92 Å². The number of rotatable bonds is 5. The van der Waals surface area contributed by atoms with E-state index in [4.69, 9.17) is 0 Å². The number of pyridine rings is 2. The maximum absolute atomic E-state index is 12.4. The SMILES string of the molecule is Cc1[nH+]ccc2[nH]c(=O)c(C(=O)NCCC[NH+]3CCCC(C)C3)cc12. The summed E-state index contributed by atoms with van der Waals surface area (Å²) in [6.45, 7) is 8.38. The first-order chi connectivity index (χ1) is 12.0. The Morgan fingerprint density at radius 2 is 2.32 bits per heavy atom. The van der Waals surface area contributed by atoms with Gasteiger partial charge in [-0.05, 0) is 18.9 Å². The lowest BCUT2D eigenvalue weighted by atomic mass is 10.0. The Hall–Kier alpha value is -2.21. The fourth-order valence-electron chi connectivity index (χ4n) is 3.74. The van der Waals surface area contributed by atoms with E-state index in [-0.39, 0.29) is 17.0 Å². The molecule has 0 bridgehead atoms. The third kappa shape index (κ3) is 4.25. The molecule has 2 unspecified atom stereocenters. The van der Waals surface area contributed by atoms with Crippen molar-refractivity contribution in [1.82, 2.24) is 10.3 Å². The molecule has 2 atom stereocenters. The van der Waals surface area contributed by atoms with Gasteiger partial charge >= 0.3 is 0 Å². The molecule has 6 heteroatoms. The Morgan fingerprint density at radius 3 is 3.12 bits per heavy atom. The first-order valence-electron chi connectivity index (χ1n) is 9.20. The van der Waals surface area contributed by atoms with Crippen LogP contribution in [0.2, 0.25) is 0 Å². The Kier molecular flexibility index (Phi) is 5.48. The standard InChI is InChI=1S/C19H26N4O2/c1-13-5-3-9-23(12-13)10-4-7-21-18(24)16-11-15-14(2)20-8-6-17(15)22-19(16)25/h6,8,11,13H,3-5,7,9-10,12H2,1-2H3,(H,21,24)(H,22,25)/p+2. The van der Waals surface area contributed by atoms with Gasteiger partial charge in [-0.2, -0.15) is 0 Å². The summed E-state index contributed by atoms with van der Waals surface area (Å²) in [5, 5.41) is 3.75. The van der Waals surface area contributed by atoms with Crippen molar-refractivity contribution in [1.29, 1.82) is 0 Å². The number of aryl methyl sites for hydroxylation is 1. The van der Waals surface area contributed by atoms with E-state index in [1.807, 2.05) is 6.92 Å². The fourth-order valence-corrected chi connectivity index (χ4v) is 3.74. The van der Waals surface area contributed by atoms with Crippen molar-refractivity contribution in [3.05, 3.63) is 39.9 Å². The van der Waals surface area contributed by atoms with Gasteiger partial charge < -0.3 is 15.2 Å². The lowest BCUT2D eigenvalue weighted by Gasteiger charge is -2.27. The summed E-state index contributed by atoms with van der Waals surface area (Å²) in [5.74, 6) is 0.503. The van der Waals surface area contributed by atoms with Crippen LogP contribution >= 0.6 is 0 Å². The molecule has 3 heterocycles. The zero-order valence-electron chi connectivity index (χ0n) is 15.1. The van der Waals surface area contributed by atoms with Crippen LogP contribution in [0.4, 0.5) is 0 Å². The Labute approximate surface area is 147 Å². The van der Waals surface area contributed by atoms with Crippen LogP contribution in [0.5, 0.6) is 0 Å². The van der Waals surface area contributed by atoms with Gasteiger partial charge in [-0.3, -0.25) is 9.59 Å². The van der Waals surface area contributed by atoms with E-state index in [1.54, 1.807) is 23.2 Å². The lowest BCUT2D eigenvalue weighted by molar-refractivity contribution is -0.908. The van der Waals surface area contributed by atoms with E-state index in [2.05, 4.69) is 22.2 Å². The molecular formula is C19H28N4O2+2. The highest BCUT2D eigenvalue weighted by Crippen LogP contribution is 2.11. The highest BCUT2D eigenvalue weighted by molar-refractivity contribution is 5.97. The van der Waals surface area contributed by atoms with Crippen LogP contribution in [-0.2, 0) is 0 Å². The predicted molar refractivity (Wildman–Crippen MR) is 96.8 cm³/mol. The minimum absolute atomic E-state index is 0.175. The van der Waals surface area contributed by atoms with Gasteiger partial charge in [0.25, 0.3) is 11.5 Å². The zero-order chi connectivity index (χ0) is 17.8. The van der Waals surface area contributed by atoms with Crippen LogP contribution in [0.3, 0.4) is 0 Å². The largest absolute Gasteiger partial charge is 0.352 e. The van der Waals surface area contributed by atoms with Crippen LogP contribution in [0, 0.1) is 12.8 Å². The molecule has 1 saturated heterocycles. The minimum Gasteiger partial charge on any atom is -0.352 e. The lowest BCUT2D eigenvalue weighted by Crippen LogP contribution is -3.13. The van der Waals surface area contributed by atoms with Crippen molar-refractivity contribution in [3.63, 3.8) is 0 Å². The highest BCUT2D eigenvalue weighted by Gasteiger charge is 2.19. The highest BCUT2D eigenvalue weighted by atomic mass is 16.2. The van der Waals surface area contributed by atoms with E-state index in [9.17, 15) is 9.59 Å². The molecular weight excluding hydrogens is 316 g/mol. The van der Waals surface area contributed by atoms with Crippen LogP contribution in [-0.4, -0.2) is 37.1 Å². The summed E-state index contributed by atoms with van der Waals surface area (Å²) in [5.41, 5.74) is 1.49. The second-order valence-corrected chi connectivity index (χ2v) is 7.25. The van der Waals surface area contributed by atoms with Gasteiger partial charge in [-0.25, -0.2) is 4.98 Å². The normalized spacial score (nSPS) is 20.6. The Bertz CT molecular complexity index is 815. The van der Waals surface area contributed by atoms with Gasteiger partial charge in [0.15, 0.2) is 11.9 Å². The van der Waals surface area contributed by atoms with Crippen LogP contribution in [0.15, 0.2) is 23.1 Å². The van der Waals surface area contributed by atoms with Gasteiger partial charge in [-0.1, -0.05) is 6.92 Å². The first-order valence-corrected chi connectivity index (χ1v) is 9.20. The quantitative estimate of drug-likeness (QED) is 0.672. The second kappa shape index (κ2) is 7.78. The zero-order valence-corrected chi connectivity index (χ0v) is 15.1. The number of amides is 1. The molecule has 1 aliphatic rings. The molecule has 0 saturated carbocycles. The van der Waals surface area contributed by atoms with Crippen molar-refractivity contribution < 1.29 is 14.7 Å². The van der Waals surface area contributed by atoms with Crippen LogP contribution in [0.25, 0.3) is 10.9 Å². The molecule has 0 radical (unpaired) electrons. The van der Waals surface area contributed by atoms with Crippen molar-refractivity contribution in [3.8, 4) is 0 Å². The number of aromatic amines is 2. The molecule has 1 fully saturated rings. The molecule has 4 N–H and O–H groups in total. The van der Waals surface area contributed by atoms with Gasteiger partial charge in [0.2, 0.25) is 0 Å². The number of likely N-dealkylation sites (tertiary alicyclic amines) is 1. The number of quaternary nitrogens is 1. The van der Waals surface area contributed by atoms with E-state index in [1.165, 1.54) is 25.9 Å². The van der Waals surface area contributed by atoms with Gasteiger partial charge in [-0.15, -0.1) is 0 Å². The van der Waals surface area contributed by atoms with Crippen molar-refractivity contribution >= 4 is 16.8 Å². The second-order valence-electron chi connectivity index (χ2n) is 7.25. The third-order valence-electron chi connectivity index (χ3n) is 5.13. The van der Waals surface area contributed by atoms with Crippen molar-refractivity contribution in [2.75, 3.05) is 26.2 Å². The molecule has 2 aromatic rings. The number of fused-ring (bicyclic) bond motifs is 1. The predicted octanol–water partition coefficient (Wildman–Crippen LogP) is 0.0853. The number of nitrogens with one attached hydrogen (secondary N) is 4. The fraction of sp³-hybridized carbons (Fsp3) is 0.526. The first kappa shape index (κ1) is 17.6. The molecule has 1 amide bonds. The van der Waals surface area contributed by atoms with E-state index in [0.29, 0.717) is 6.54 Å². The number of aromatic nitrogens is 2. The number of H-pyrrole nitrogens is 2. The number of hydrogen-bond donors (Lipinski definition) is 3. The molecule has 2 aromatic heterocycles. The van der Waals surface area contributed by atoms with E-state index in [0.717, 1.165) is 35.5 Å². The summed E-state index contributed by atoms with van der Waals surface area (Å²) in [6, 6.07) is 3.47. The Morgan fingerprint density at radius 1 is 1.48 bits per heavy atom. The topological polar surface area (TPSA) is 80.5 Å². The summed E-state index contributed by atoms with van der Waals surface area (Å²) in [6.07, 6.45) is 5.34. The maximum atomic E-state index is 12.4. The molecule has 1 aliphatic heterocycles. The van der Waals surface area contributed by atoms with Gasteiger partial charge in [0, 0.05) is 31.9 Å². The molecule has 134 valence electrons. The third-order valence-corrected chi connectivity index (χ3v) is 5.13. The van der Waals surface area contributed by atoms with Gasteiger partial charge in [0.05, 0.1) is 30.5 Å². The summed E-state index contributed by atoms with van der Waals surface area (Å²) in [7, 11) is 0. The van der Waals surface area contributed by atoms with Crippen LogP contribution in [0.1, 0.15) is 42.2 Å². The average Bonchev–Trinajstić information content (AvgIpc) is 2.58. The Balaban J connectivity index is 1.58. The summed E-state index contributed by atoms with van der Waals surface area (Å²) >= 11 is 0. The molecule has 0 spiro atoms. The number of carbonyl (C=O) groups is 1. The van der Waals surface area contributed by atoms with E-state index >= 15 is 0 Å². The van der Waals surface area contributed by atoms with E-state index < -0.39 is 0 Å². The van der Waals surface area contributed by atoms with Crippen LogP contribution < -0.4 is 20.8 Å². The number of carbonyl (C=O) groups excluding carboxylic acids is 1. The number of hydrogen-bond acceptors (Lipinski definition) is 2. The number of piperidine rings is 1. The molecule has 3 rings (SSSR count). The summed E-state index contributed by atoms with van der Waals surface area (Å²) < 4.78 is 0. The smallest absolute Gasteiger partial charge is 0.261 e. The average molecular weight is 344 g/mol. The molecule has 0 aromatic carbocycles. The minimum atomic E-state index is -0.342. The summed E-state index contributed by atoms with van der Waals surface area (Å²) in [4.78, 5) is 32.1. The van der Waals surface area contributed by atoms with Crippen molar-refractivity contribution in [2.45, 2.75) is 33.1 Å². The monoisotopic (exact) mass is 344 g/mol. The molecule has 25 heavy (non-hydrogen) atoms. The van der Waals surface area contributed by atoms with Gasteiger partial charge in [0.1, 0.15) is 5.56 Å².